The van der Waals surface area contributed by atoms with Crippen LogP contribution in [-0.2, 0) is 16.1 Å². The van der Waals surface area contributed by atoms with Crippen LogP contribution >= 0.6 is 0 Å². The van der Waals surface area contributed by atoms with E-state index in [9.17, 15) is 13.6 Å². The van der Waals surface area contributed by atoms with Crippen LogP contribution in [-0.4, -0.2) is 18.1 Å². The molecule has 0 amide bonds. The van der Waals surface area contributed by atoms with Crippen LogP contribution in [0, 0.1) is 0 Å². The van der Waals surface area contributed by atoms with Gasteiger partial charge in [-0.3, -0.25) is 9.78 Å². The van der Waals surface area contributed by atoms with E-state index in [4.69, 9.17) is 0 Å². The SMILES string of the molecule is O=COCc1ccc(OC(F)F)cn1. The number of halogens is 2. The Kier molecular flexibility index (Phi) is 3.78. The molecule has 0 spiro atoms. The van der Waals surface area contributed by atoms with Crippen LogP contribution in [0.4, 0.5) is 8.78 Å². The minimum Gasteiger partial charge on any atom is -0.461 e. The summed E-state index contributed by atoms with van der Waals surface area (Å²) in [7, 11) is 0. The Bertz CT molecular complexity index is 289. The molecule has 0 radical (unpaired) electrons. The predicted molar refractivity (Wildman–Crippen MR) is 41.7 cm³/mol. The summed E-state index contributed by atoms with van der Waals surface area (Å²) >= 11 is 0. The van der Waals surface area contributed by atoms with Crippen molar-refractivity contribution in [2.24, 2.45) is 0 Å². The molecule has 14 heavy (non-hydrogen) atoms. The van der Waals surface area contributed by atoms with E-state index in [2.05, 4.69) is 14.5 Å². The fourth-order valence-electron chi connectivity index (χ4n) is 0.788. The van der Waals surface area contributed by atoms with E-state index in [0.29, 0.717) is 5.69 Å². The van der Waals surface area contributed by atoms with E-state index >= 15 is 0 Å². The first-order chi connectivity index (χ1) is 6.72. The minimum atomic E-state index is -2.87. The Balaban J connectivity index is 2.54. The van der Waals surface area contributed by atoms with Crippen molar-refractivity contribution >= 4 is 6.47 Å². The smallest absolute Gasteiger partial charge is 0.387 e. The average Bonchev–Trinajstić information content (AvgIpc) is 2.16. The van der Waals surface area contributed by atoms with Gasteiger partial charge in [-0.2, -0.15) is 8.78 Å². The number of rotatable bonds is 5. The zero-order chi connectivity index (χ0) is 10.4. The van der Waals surface area contributed by atoms with Crippen molar-refractivity contribution in [2.45, 2.75) is 13.2 Å². The Morgan fingerprint density at radius 1 is 1.50 bits per heavy atom. The number of ether oxygens (including phenoxy) is 2. The Morgan fingerprint density at radius 3 is 2.79 bits per heavy atom. The molecule has 0 bridgehead atoms. The summed E-state index contributed by atoms with van der Waals surface area (Å²) in [5.41, 5.74) is 0.457. The maximum atomic E-state index is 11.7. The van der Waals surface area contributed by atoms with Crippen LogP contribution in [0.2, 0.25) is 0 Å². The van der Waals surface area contributed by atoms with Crippen molar-refractivity contribution < 1.29 is 23.0 Å². The highest BCUT2D eigenvalue weighted by Gasteiger charge is 2.04. The predicted octanol–water partition coefficient (Wildman–Crippen LogP) is 1.36. The normalized spacial score (nSPS) is 9.93. The third-order valence-electron chi connectivity index (χ3n) is 1.32. The third-order valence-corrected chi connectivity index (χ3v) is 1.32. The van der Waals surface area contributed by atoms with Crippen LogP contribution in [0.5, 0.6) is 5.75 Å². The second kappa shape index (κ2) is 5.11. The van der Waals surface area contributed by atoms with E-state index < -0.39 is 6.61 Å². The highest BCUT2D eigenvalue weighted by molar-refractivity contribution is 5.37. The lowest BCUT2D eigenvalue weighted by molar-refractivity contribution is -0.129. The standard InChI is InChI=1S/C8H7F2NO3/c9-8(10)14-7-2-1-6(11-3-7)4-13-5-12/h1-3,5,8H,4H2. The molecule has 4 nitrogen and oxygen atoms in total. The third kappa shape index (κ3) is 3.34. The first-order valence-corrected chi connectivity index (χ1v) is 3.67. The molecule has 0 saturated carbocycles. The molecule has 6 heteroatoms. The molecule has 0 saturated heterocycles. The van der Waals surface area contributed by atoms with Crippen LogP contribution in [0.15, 0.2) is 18.3 Å². The molecular formula is C8H7F2NO3. The number of carbonyl (C=O) groups is 1. The van der Waals surface area contributed by atoms with Gasteiger partial charge in [-0.1, -0.05) is 0 Å². The average molecular weight is 203 g/mol. The number of pyridine rings is 1. The van der Waals surface area contributed by atoms with Crippen LogP contribution in [0.1, 0.15) is 5.69 Å². The number of hydrogen-bond donors (Lipinski definition) is 0. The molecule has 0 aliphatic heterocycles. The van der Waals surface area contributed by atoms with Crippen molar-refractivity contribution in [3.05, 3.63) is 24.0 Å². The van der Waals surface area contributed by atoms with Gasteiger partial charge in [0.15, 0.2) is 0 Å². The lowest BCUT2D eigenvalue weighted by atomic mass is 10.3. The molecule has 1 heterocycles. The Morgan fingerprint density at radius 2 is 2.29 bits per heavy atom. The van der Waals surface area contributed by atoms with Gasteiger partial charge in [-0.15, -0.1) is 0 Å². The van der Waals surface area contributed by atoms with Gasteiger partial charge in [-0.05, 0) is 12.1 Å². The molecule has 0 aliphatic rings. The molecule has 0 fully saturated rings. The Hall–Kier alpha value is -1.72. The van der Waals surface area contributed by atoms with E-state index in [-0.39, 0.29) is 18.8 Å². The first-order valence-electron chi connectivity index (χ1n) is 3.67. The van der Waals surface area contributed by atoms with Crippen molar-refractivity contribution in [3.63, 3.8) is 0 Å². The maximum absolute atomic E-state index is 11.7. The van der Waals surface area contributed by atoms with Gasteiger partial charge in [0.1, 0.15) is 12.4 Å². The molecule has 1 aromatic rings. The number of carbonyl (C=O) groups excluding carboxylic acids is 1. The molecule has 0 unspecified atom stereocenters. The first kappa shape index (κ1) is 10.4. The summed E-state index contributed by atoms with van der Waals surface area (Å²) in [6.07, 6.45) is 1.13. The highest BCUT2D eigenvalue weighted by atomic mass is 19.3. The fourth-order valence-corrected chi connectivity index (χ4v) is 0.788. The summed E-state index contributed by atoms with van der Waals surface area (Å²) in [4.78, 5) is 13.5. The summed E-state index contributed by atoms with van der Waals surface area (Å²) in [5.74, 6) is -0.0325. The minimum absolute atomic E-state index is 0.0124. The summed E-state index contributed by atoms with van der Waals surface area (Å²) in [6.45, 7) is -2.57. The summed E-state index contributed by atoms with van der Waals surface area (Å²) < 4.78 is 31.9. The second-order valence-corrected chi connectivity index (χ2v) is 2.27. The summed E-state index contributed by atoms with van der Waals surface area (Å²) in [6, 6.07) is 2.75. The van der Waals surface area contributed by atoms with Crippen molar-refractivity contribution in [1.82, 2.24) is 4.98 Å². The second-order valence-electron chi connectivity index (χ2n) is 2.27. The zero-order valence-electron chi connectivity index (χ0n) is 7.02. The molecular weight excluding hydrogens is 196 g/mol. The van der Waals surface area contributed by atoms with Crippen LogP contribution < -0.4 is 4.74 Å². The zero-order valence-corrected chi connectivity index (χ0v) is 7.02. The van der Waals surface area contributed by atoms with Crippen molar-refractivity contribution in [3.8, 4) is 5.75 Å². The monoisotopic (exact) mass is 203 g/mol. The van der Waals surface area contributed by atoms with E-state index in [1.165, 1.54) is 12.1 Å². The number of aromatic nitrogens is 1. The number of nitrogens with zero attached hydrogens (tertiary/aromatic N) is 1. The van der Waals surface area contributed by atoms with Crippen molar-refractivity contribution in [1.29, 1.82) is 0 Å². The molecule has 0 aliphatic carbocycles. The van der Waals surface area contributed by atoms with Gasteiger partial charge < -0.3 is 9.47 Å². The molecule has 1 rings (SSSR count). The number of hydrogen-bond acceptors (Lipinski definition) is 4. The lowest BCUT2D eigenvalue weighted by Gasteiger charge is -2.04. The number of alkyl halides is 2. The maximum Gasteiger partial charge on any atom is 0.387 e. The largest absolute Gasteiger partial charge is 0.461 e. The van der Waals surface area contributed by atoms with Gasteiger partial charge in [0.05, 0.1) is 11.9 Å². The van der Waals surface area contributed by atoms with Gasteiger partial charge in [-0.25, -0.2) is 0 Å². The van der Waals surface area contributed by atoms with Gasteiger partial charge >= 0.3 is 6.61 Å². The van der Waals surface area contributed by atoms with E-state index in [1.807, 2.05) is 0 Å². The van der Waals surface area contributed by atoms with Crippen molar-refractivity contribution in [2.75, 3.05) is 0 Å². The molecule has 1 aromatic heterocycles. The molecule has 0 aromatic carbocycles. The Labute approximate surface area is 78.5 Å². The molecule has 0 atom stereocenters. The molecule has 76 valence electrons. The fraction of sp³-hybridized carbons (Fsp3) is 0.250. The topological polar surface area (TPSA) is 48.4 Å². The van der Waals surface area contributed by atoms with Gasteiger partial charge in [0, 0.05) is 0 Å². The van der Waals surface area contributed by atoms with Gasteiger partial charge in [0.25, 0.3) is 6.47 Å². The van der Waals surface area contributed by atoms with E-state index in [0.717, 1.165) is 6.20 Å². The lowest BCUT2D eigenvalue weighted by Crippen LogP contribution is -2.02. The van der Waals surface area contributed by atoms with E-state index in [1.54, 1.807) is 0 Å². The quantitative estimate of drug-likeness (QED) is 0.678. The highest BCUT2D eigenvalue weighted by Crippen LogP contribution is 2.12. The van der Waals surface area contributed by atoms with Gasteiger partial charge in [0.2, 0.25) is 0 Å². The molecule has 0 N–H and O–H groups in total. The summed E-state index contributed by atoms with van der Waals surface area (Å²) in [5, 5.41) is 0. The van der Waals surface area contributed by atoms with Crippen LogP contribution in [0.25, 0.3) is 0 Å². The van der Waals surface area contributed by atoms with Crippen LogP contribution in [0.3, 0.4) is 0 Å².